The smallest absolute Gasteiger partial charge is 0.264 e. The highest BCUT2D eigenvalue weighted by atomic mass is 32.1. The van der Waals surface area contributed by atoms with Crippen LogP contribution in [0.25, 0.3) is 11.1 Å². The van der Waals surface area contributed by atoms with Gasteiger partial charge in [-0.05, 0) is 66.7 Å². The van der Waals surface area contributed by atoms with E-state index in [-0.39, 0.29) is 29.2 Å². The molecule has 5 heterocycles. The predicted octanol–water partition coefficient (Wildman–Crippen LogP) is 6.37. The van der Waals surface area contributed by atoms with E-state index >= 15 is 0 Å². The van der Waals surface area contributed by atoms with Crippen LogP contribution in [0.2, 0.25) is 0 Å². The van der Waals surface area contributed by atoms with Gasteiger partial charge in [-0.3, -0.25) is 14.9 Å². The number of thiazole rings is 1. The summed E-state index contributed by atoms with van der Waals surface area (Å²) in [5.74, 6) is -1.22. The van der Waals surface area contributed by atoms with Gasteiger partial charge in [0.05, 0.1) is 12.0 Å². The van der Waals surface area contributed by atoms with Crippen LogP contribution in [0.1, 0.15) is 76.6 Å². The van der Waals surface area contributed by atoms with Crippen molar-refractivity contribution in [2.45, 2.75) is 63.8 Å². The number of imidazole rings is 1. The van der Waals surface area contributed by atoms with E-state index < -0.39 is 30.5 Å². The van der Waals surface area contributed by atoms with Crippen molar-refractivity contribution in [1.82, 2.24) is 24.3 Å². The second-order valence-electron chi connectivity index (χ2n) is 11.9. The largest absolute Gasteiger partial charge is 0.334 e. The summed E-state index contributed by atoms with van der Waals surface area (Å²) in [7, 11) is 0. The summed E-state index contributed by atoms with van der Waals surface area (Å²) in [5.41, 5.74) is 3.42. The molecule has 0 radical (unpaired) electrons. The molecule has 2 aromatic carbocycles. The maximum atomic E-state index is 15.0. The Balaban J connectivity index is 1.21. The summed E-state index contributed by atoms with van der Waals surface area (Å²) in [6.45, 7) is 4.68. The molecule has 0 spiro atoms. The minimum atomic E-state index is -2.83. The fourth-order valence-corrected chi connectivity index (χ4v) is 7.52. The Kier molecular flexibility index (Phi) is 7.95. The van der Waals surface area contributed by atoms with Crippen LogP contribution in [0.4, 0.5) is 18.3 Å². The highest BCUT2D eigenvalue weighted by molar-refractivity contribution is 7.13. The first kappa shape index (κ1) is 29.7. The van der Waals surface area contributed by atoms with Gasteiger partial charge in [-0.25, -0.2) is 23.1 Å². The molecule has 45 heavy (non-hydrogen) atoms. The Morgan fingerprint density at radius 1 is 1.13 bits per heavy atom. The molecule has 1 N–H and O–H groups in total. The standard InChI is InChI=1S/C33H33F3N6O2S/c1-2-40-12-9-22(26(34)17-40)20-7-5-19(6-8-20)21-14-23(30(35)36)25-16-42(32(44)24(25)15-21)29(31(43)39-33-37-10-13-45-33)28-27-4-3-11-41(27)18-38-28/h5-8,10,13-15,18,22,26,29-30H,2-4,9,11-12,16-17H2,1H3,(H,37,39,43)/t22-,26+,29-/m1/s1. The number of benzene rings is 2. The van der Waals surface area contributed by atoms with Crippen LogP contribution in [-0.2, 0) is 24.3 Å². The number of anilines is 1. The zero-order valence-electron chi connectivity index (χ0n) is 24.8. The zero-order valence-corrected chi connectivity index (χ0v) is 25.6. The van der Waals surface area contributed by atoms with E-state index in [1.54, 1.807) is 36.1 Å². The summed E-state index contributed by atoms with van der Waals surface area (Å²) in [6.07, 6.45) is 1.73. The number of alkyl halides is 3. The van der Waals surface area contributed by atoms with Crippen molar-refractivity contribution in [2.75, 3.05) is 25.0 Å². The molecule has 1 saturated heterocycles. The van der Waals surface area contributed by atoms with E-state index in [1.807, 2.05) is 23.6 Å². The van der Waals surface area contributed by atoms with E-state index in [1.165, 1.54) is 22.3 Å². The zero-order chi connectivity index (χ0) is 31.2. The number of aromatic nitrogens is 3. The molecule has 3 atom stereocenters. The maximum absolute atomic E-state index is 15.0. The van der Waals surface area contributed by atoms with Gasteiger partial charge in [-0.2, -0.15) is 0 Å². The van der Waals surface area contributed by atoms with Gasteiger partial charge in [0.15, 0.2) is 11.2 Å². The third kappa shape index (κ3) is 5.43. The number of carbonyl (C=O) groups is 2. The van der Waals surface area contributed by atoms with E-state index in [4.69, 9.17) is 0 Å². The number of hydrogen-bond donors (Lipinski definition) is 1. The number of rotatable bonds is 8. The molecule has 0 saturated carbocycles. The Hall–Kier alpha value is -4.03. The van der Waals surface area contributed by atoms with Gasteiger partial charge >= 0.3 is 0 Å². The van der Waals surface area contributed by atoms with Gasteiger partial charge in [0.2, 0.25) is 0 Å². The lowest BCUT2D eigenvalue weighted by atomic mass is 9.86. The number of carbonyl (C=O) groups excluding carboxylic acids is 2. The average molecular weight is 635 g/mol. The van der Waals surface area contributed by atoms with Crippen molar-refractivity contribution in [3.8, 4) is 11.1 Å². The van der Waals surface area contributed by atoms with Gasteiger partial charge < -0.3 is 14.4 Å². The maximum Gasteiger partial charge on any atom is 0.264 e. The average Bonchev–Trinajstić information content (AvgIpc) is 3.85. The Morgan fingerprint density at radius 3 is 2.67 bits per heavy atom. The van der Waals surface area contributed by atoms with Gasteiger partial charge in [0, 0.05) is 53.9 Å². The first-order valence-corrected chi connectivity index (χ1v) is 16.2. The molecule has 3 aliphatic rings. The minimum absolute atomic E-state index is 0.144. The second-order valence-corrected chi connectivity index (χ2v) is 12.7. The number of fused-ring (bicyclic) bond motifs is 2. The molecule has 3 aliphatic heterocycles. The van der Waals surface area contributed by atoms with E-state index in [9.17, 15) is 22.8 Å². The van der Waals surface area contributed by atoms with Crippen molar-refractivity contribution in [2.24, 2.45) is 0 Å². The highest BCUT2D eigenvalue weighted by Crippen LogP contribution is 2.41. The Labute approximate surface area is 262 Å². The Bertz CT molecular complexity index is 1720. The van der Waals surface area contributed by atoms with Crippen molar-refractivity contribution in [3.05, 3.63) is 87.9 Å². The summed E-state index contributed by atoms with van der Waals surface area (Å²) in [6, 6.07) is 9.26. The summed E-state index contributed by atoms with van der Waals surface area (Å²) >= 11 is 1.24. The fraction of sp³-hybridized carbons (Fsp3) is 0.394. The molecule has 0 unspecified atom stereocenters. The lowest BCUT2D eigenvalue weighted by Crippen LogP contribution is -2.40. The molecular formula is C33H33F3N6O2S. The quantitative estimate of drug-likeness (QED) is 0.244. The molecule has 2 amide bonds. The third-order valence-electron chi connectivity index (χ3n) is 9.36. The molecule has 4 aromatic rings. The lowest BCUT2D eigenvalue weighted by Gasteiger charge is -2.34. The van der Waals surface area contributed by atoms with Crippen LogP contribution in [0.15, 0.2) is 54.3 Å². The number of aryl methyl sites for hydroxylation is 1. The second kappa shape index (κ2) is 12.1. The number of piperidine rings is 1. The SMILES string of the molecule is CCN1CC[C@H](c2ccc(-c3cc4c(c(C(F)F)c3)CN([C@@H](C(=O)Nc3nccs3)c3ncn5c3CCC5)C4=O)cc2)[C@@H](F)C1. The molecule has 8 nitrogen and oxygen atoms in total. The monoisotopic (exact) mass is 634 g/mol. The van der Waals surface area contributed by atoms with Gasteiger partial charge in [-0.15, -0.1) is 11.3 Å². The van der Waals surface area contributed by atoms with Crippen LogP contribution in [-0.4, -0.2) is 62.0 Å². The van der Waals surface area contributed by atoms with Crippen LogP contribution >= 0.6 is 11.3 Å². The molecule has 0 bridgehead atoms. The lowest BCUT2D eigenvalue weighted by molar-refractivity contribution is -0.121. The predicted molar refractivity (Wildman–Crippen MR) is 165 cm³/mol. The Morgan fingerprint density at radius 2 is 1.96 bits per heavy atom. The first-order valence-electron chi connectivity index (χ1n) is 15.3. The van der Waals surface area contributed by atoms with E-state index in [0.717, 1.165) is 37.3 Å². The van der Waals surface area contributed by atoms with Crippen molar-refractivity contribution in [1.29, 1.82) is 0 Å². The third-order valence-corrected chi connectivity index (χ3v) is 10.0. The fourth-order valence-electron chi connectivity index (χ4n) is 6.99. The van der Waals surface area contributed by atoms with Gasteiger partial charge in [0.1, 0.15) is 6.17 Å². The molecule has 0 aliphatic carbocycles. The van der Waals surface area contributed by atoms with Crippen LogP contribution in [0, 0.1) is 0 Å². The van der Waals surface area contributed by atoms with Crippen molar-refractivity contribution < 1.29 is 22.8 Å². The van der Waals surface area contributed by atoms with Gasteiger partial charge in [0.25, 0.3) is 18.2 Å². The molecule has 234 valence electrons. The molecular weight excluding hydrogens is 601 g/mol. The molecule has 7 rings (SSSR count). The summed E-state index contributed by atoms with van der Waals surface area (Å²) in [5, 5.41) is 4.89. The highest BCUT2D eigenvalue weighted by Gasteiger charge is 2.42. The van der Waals surface area contributed by atoms with Crippen molar-refractivity contribution in [3.63, 3.8) is 0 Å². The van der Waals surface area contributed by atoms with Crippen LogP contribution < -0.4 is 5.32 Å². The molecule has 1 fully saturated rings. The minimum Gasteiger partial charge on any atom is -0.334 e. The molecule has 2 aromatic heterocycles. The molecule has 12 heteroatoms. The van der Waals surface area contributed by atoms with Crippen LogP contribution in [0.5, 0.6) is 0 Å². The number of nitrogens with one attached hydrogen (secondary N) is 1. The summed E-state index contributed by atoms with van der Waals surface area (Å²) < 4.78 is 46.1. The van der Waals surface area contributed by atoms with E-state index in [0.29, 0.717) is 41.3 Å². The van der Waals surface area contributed by atoms with E-state index in [2.05, 4.69) is 20.2 Å². The topological polar surface area (TPSA) is 83.4 Å². The number of nitrogens with zero attached hydrogens (tertiary/aromatic N) is 5. The van der Waals surface area contributed by atoms with Gasteiger partial charge in [-0.1, -0.05) is 31.2 Å². The number of halogens is 3. The van der Waals surface area contributed by atoms with Crippen LogP contribution in [0.3, 0.4) is 0 Å². The normalized spacial score (nSPS) is 20.5. The summed E-state index contributed by atoms with van der Waals surface area (Å²) in [4.78, 5) is 39.9. The number of amides is 2. The number of hydrogen-bond acceptors (Lipinski definition) is 6. The van der Waals surface area contributed by atoms with Crippen molar-refractivity contribution >= 4 is 28.3 Å². The first-order chi connectivity index (χ1) is 21.8. The number of likely N-dealkylation sites (tertiary alicyclic amines) is 1.